The van der Waals surface area contributed by atoms with Crippen LogP contribution in [0.3, 0.4) is 0 Å². The van der Waals surface area contributed by atoms with E-state index < -0.39 is 0 Å². The van der Waals surface area contributed by atoms with Gasteiger partial charge in [-0.05, 0) is 43.4 Å². The Hall–Kier alpha value is -1.36. The van der Waals surface area contributed by atoms with Crippen LogP contribution in [0.2, 0.25) is 5.02 Å². The Morgan fingerprint density at radius 1 is 1.17 bits per heavy atom. The predicted octanol–water partition coefficient (Wildman–Crippen LogP) is 4.06. The third-order valence-electron chi connectivity index (χ3n) is 3.66. The molecule has 0 heterocycles. The first kappa shape index (κ1) is 18.0. The van der Waals surface area contributed by atoms with Crippen molar-refractivity contribution in [2.24, 2.45) is 0 Å². The van der Waals surface area contributed by atoms with E-state index in [1.165, 1.54) is 0 Å². The molecule has 0 aromatic heterocycles. The van der Waals surface area contributed by atoms with Crippen LogP contribution in [0.5, 0.6) is 0 Å². The van der Waals surface area contributed by atoms with Gasteiger partial charge in [0.25, 0.3) is 0 Å². The summed E-state index contributed by atoms with van der Waals surface area (Å²) in [4.78, 5) is 14.2. The first-order valence-electron chi connectivity index (χ1n) is 7.39. The summed E-state index contributed by atoms with van der Waals surface area (Å²) in [5.41, 5.74) is 2.01. The number of benzene rings is 2. The lowest BCUT2D eigenvalue weighted by Crippen LogP contribution is -2.35. The minimum atomic E-state index is 0.00576. The lowest BCUT2D eigenvalue weighted by molar-refractivity contribution is -0.120. The average molecular weight is 396 g/mol. The van der Waals surface area contributed by atoms with Gasteiger partial charge in [-0.3, -0.25) is 4.79 Å². The summed E-state index contributed by atoms with van der Waals surface area (Å²) in [6, 6.07) is 15.5. The SMILES string of the molecule is CN(C)C(CNC(=O)Cc1ccc(Br)cc1)c1ccccc1Cl. The van der Waals surface area contributed by atoms with Gasteiger partial charge in [-0.15, -0.1) is 0 Å². The topological polar surface area (TPSA) is 32.3 Å². The molecule has 1 unspecified atom stereocenters. The number of hydrogen-bond acceptors (Lipinski definition) is 2. The highest BCUT2D eigenvalue weighted by atomic mass is 79.9. The molecule has 3 nitrogen and oxygen atoms in total. The minimum absolute atomic E-state index is 0.00576. The molecule has 0 spiro atoms. The van der Waals surface area contributed by atoms with Gasteiger partial charge in [-0.25, -0.2) is 0 Å². The predicted molar refractivity (Wildman–Crippen MR) is 98.7 cm³/mol. The lowest BCUT2D eigenvalue weighted by Gasteiger charge is -2.26. The standard InChI is InChI=1S/C18H20BrClN2O/c1-22(2)17(15-5-3-4-6-16(15)20)12-21-18(23)11-13-7-9-14(19)10-8-13/h3-10,17H,11-12H2,1-2H3,(H,21,23). The van der Waals surface area contributed by atoms with Gasteiger partial charge in [-0.1, -0.05) is 57.9 Å². The smallest absolute Gasteiger partial charge is 0.224 e. The van der Waals surface area contributed by atoms with Gasteiger partial charge in [0.15, 0.2) is 0 Å². The molecular formula is C18H20BrClN2O. The Morgan fingerprint density at radius 2 is 1.83 bits per heavy atom. The van der Waals surface area contributed by atoms with Gasteiger partial charge in [0.1, 0.15) is 0 Å². The Labute approximate surface area is 150 Å². The van der Waals surface area contributed by atoms with Crippen molar-refractivity contribution < 1.29 is 4.79 Å². The molecule has 1 atom stereocenters. The number of halogens is 2. The molecule has 122 valence electrons. The van der Waals surface area contributed by atoms with Crippen molar-refractivity contribution in [1.82, 2.24) is 10.2 Å². The number of rotatable bonds is 6. The Bertz CT molecular complexity index is 658. The average Bonchev–Trinajstić information content (AvgIpc) is 2.51. The number of nitrogens with zero attached hydrogens (tertiary/aromatic N) is 1. The van der Waals surface area contributed by atoms with E-state index in [0.717, 1.165) is 15.6 Å². The highest BCUT2D eigenvalue weighted by Crippen LogP contribution is 2.25. The van der Waals surface area contributed by atoms with Crippen molar-refractivity contribution in [2.45, 2.75) is 12.5 Å². The first-order valence-corrected chi connectivity index (χ1v) is 8.56. The minimum Gasteiger partial charge on any atom is -0.354 e. The van der Waals surface area contributed by atoms with E-state index in [1.54, 1.807) is 0 Å². The quantitative estimate of drug-likeness (QED) is 0.800. The van der Waals surface area contributed by atoms with Gasteiger partial charge < -0.3 is 10.2 Å². The van der Waals surface area contributed by atoms with E-state index in [9.17, 15) is 4.79 Å². The number of amides is 1. The van der Waals surface area contributed by atoms with Gasteiger partial charge in [0.2, 0.25) is 5.91 Å². The monoisotopic (exact) mass is 394 g/mol. The van der Waals surface area contributed by atoms with Crippen molar-refractivity contribution >= 4 is 33.4 Å². The summed E-state index contributed by atoms with van der Waals surface area (Å²) in [6.45, 7) is 0.520. The summed E-state index contributed by atoms with van der Waals surface area (Å²) >= 11 is 9.67. The zero-order valence-electron chi connectivity index (χ0n) is 13.2. The van der Waals surface area contributed by atoms with Gasteiger partial charge in [-0.2, -0.15) is 0 Å². The molecule has 5 heteroatoms. The van der Waals surface area contributed by atoms with E-state index in [0.29, 0.717) is 18.0 Å². The molecule has 0 radical (unpaired) electrons. The molecule has 2 aromatic rings. The Morgan fingerprint density at radius 3 is 2.43 bits per heavy atom. The number of nitrogens with one attached hydrogen (secondary N) is 1. The van der Waals surface area contributed by atoms with Crippen molar-refractivity contribution in [3.63, 3.8) is 0 Å². The second-order valence-electron chi connectivity index (χ2n) is 5.61. The van der Waals surface area contributed by atoms with E-state index in [1.807, 2.05) is 62.6 Å². The molecule has 0 saturated heterocycles. The number of hydrogen-bond donors (Lipinski definition) is 1. The van der Waals surface area contributed by atoms with E-state index in [-0.39, 0.29) is 11.9 Å². The maximum atomic E-state index is 12.2. The van der Waals surface area contributed by atoms with Crippen LogP contribution < -0.4 is 5.32 Å². The molecule has 0 saturated carbocycles. The zero-order valence-corrected chi connectivity index (χ0v) is 15.6. The van der Waals surface area contributed by atoms with Crippen LogP contribution in [0.4, 0.5) is 0 Å². The molecule has 1 N–H and O–H groups in total. The molecule has 0 aliphatic carbocycles. The number of likely N-dealkylation sites (N-methyl/N-ethyl adjacent to an activating group) is 1. The van der Waals surface area contributed by atoms with Crippen molar-refractivity contribution in [1.29, 1.82) is 0 Å². The second-order valence-corrected chi connectivity index (χ2v) is 6.93. The van der Waals surface area contributed by atoms with Gasteiger partial charge in [0, 0.05) is 16.0 Å². The van der Waals surface area contributed by atoms with E-state index in [4.69, 9.17) is 11.6 Å². The molecule has 23 heavy (non-hydrogen) atoms. The zero-order chi connectivity index (χ0) is 16.8. The fraction of sp³-hybridized carbons (Fsp3) is 0.278. The third kappa shape index (κ3) is 5.34. The largest absolute Gasteiger partial charge is 0.354 e. The number of carbonyl (C=O) groups excluding carboxylic acids is 1. The summed E-state index contributed by atoms with van der Waals surface area (Å²) < 4.78 is 1.01. The molecule has 0 aliphatic heterocycles. The van der Waals surface area contributed by atoms with E-state index >= 15 is 0 Å². The lowest BCUT2D eigenvalue weighted by atomic mass is 10.1. The number of carbonyl (C=O) groups is 1. The molecule has 1 amide bonds. The molecule has 0 fully saturated rings. The van der Waals surface area contributed by atoms with Crippen molar-refractivity contribution in [3.05, 3.63) is 69.2 Å². The molecule has 0 bridgehead atoms. The van der Waals surface area contributed by atoms with Crippen LogP contribution in [0.1, 0.15) is 17.2 Å². The summed E-state index contributed by atoms with van der Waals surface area (Å²) in [5, 5.41) is 3.72. The van der Waals surface area contributed by atoms with Crippen LogP contribution in [-0.4, -0.2) is 31.4 Å². The third-order valence-corrected chi connectivity index (χ3v) is 4.53. The Kier molecular flexibility index (Phi) is 6.63. The van der Waals surface area contributed by atoms with Crippen LogP contribution in [0.15, 0.2) is 53.0 Å². The van der Waals surface area contributed by atoms with Crippen molar-refractivity contribution in [3.8, 4) is 0 Å². The Balaban J connectivity index is 1.97. The first-order chi connectivity index (χ1) is 11.0. The maximum absolute atomic E-state index is 12.2. The highest BCUT2D eigenvalue weighted by molar-refractivity contribution is 9.10. The maximum Gasteiger partial charge on any atom is 0.224 e. The van der Waals surface area contributed by atoms with E-state index in [2.05, 4.69) is 26.1 Å². The fourth-order valence-corrected chi connectivity index (χ4v) is 2.90. The second kappa shape index (κ2) is 8.48. The van der Waals surface area contributed by atoms with Crippen LogP contribution >= 0.6 is 27.5 Å². The normalized spacial score (nSPS) is 12.2. The highest BCUT2D eigenvalue weighted by Gasteiger charge is 2.17. The van der Waals surface area contributed by atoms with Crippen molar-refractivity contribution in [2.75, 3.05) is 20.6 Å². The van der Waals surface area contributed by atoms with Gasteiger partial charge >= 0.3 is 0 Å². The van der Waals surface area contributed by atoms with Crippen LogP contribution in [0.25, 0.3) is 0 Å². The summed E-state index contributed by atoms with van der Waals surface area (Å²) in [6.07, 6.45) is 0.371. The summed E-state index contributed by atoms with van der Waals surface area (Å²) in [5.74, 6) is 0.00576. The van der Waals surface area contributed by atoms with Gasteiger partial charge in [0.05, 0.1) is 12.5 Å². The molecule has 2 rings (SSSR count). The van der Waals surface area contributed by atoms with Crippen LogP contribution in [-0.2, 0) is 11.2 Å². The fourth-order valence-electron chi connectivity index (χ4n) is 2.38. The molecule has 0 aliphatic rings. The summed E-state index contributed by atoms with van der Waals surface area (Å²) in [7, 11) is 3.96. The molecular weight excluding hydrogens is 376 g/mol. The molecule has 2 aromatic carbocycles. The van der Waals surface area contributed by atoms with Crippen LogP contribution in [0, 0.1) is 0 Å².